The zero-order valence-corrected chi connectivity index (χ0v) is 29.3. The maximum absolute atomic E-state index is 13.2. The fourth-order valence-corrected chi connectivity index (χ4v) is 6.41. The second kappa shape index (κ2) is 13.9. The summed E-state index contributed by atoms with van der Waals surface area (Å²) in [5.74, 6) is -5.21. The number of amides is 4. The van der Waals surface area contributed by atoms with Crippen molar-refractivity contribution in [2.24, 2.45) is 5.16 Å². The summed E-state index contributed by atoms with van der Waals surface area (Å²) < 4.78 is 51.8. The molecule has 23 nitrogen and oxygen atoms in total. The fourth-order valence-electron chi connectivity index (χ4n) is 4.32. The van der Waals surface area contributed by atoms with Gasteiger partial charge in [0, 0.05) is 30.4 Å². The van der Waals surface area contributed by atoms with Crippen molar-refractivity contribution in [3.05, 3.63) is 44.0 Å². The van der Waals surface area contributed by atoms with Gasteiger partial charge in [0.15, 0.2) is 22.4 Å². The van der Waals surface area contributed by atoms with Gasteiger partial charge in [0.2, 0.25) is 11.0 Å². The smallest absolute Gasteiger partial charge is 0.362 e. The lowest BCUT2D eigenvalue weighted by Gasteiger charge is -2.43. The van der Waals surface area contributed by atoms with Crippen molar-refractivity contribution >= 4 is 66.0 Å². The number of likely N-dealkylation sites (tertiary alicyclic amines) is 1. The molecule has 0 bridgehead atoms. The number of hydrogen-bond acceptors (Lipinski definition) is 17. The Kier molecular flexibility index (Phi) is 10.4. The molecule has 26 heteroatoms. The van der Waals surface area contributed by atoms with Crippen LogP contribution in [0.25, 0.3) is 11.5 Å². The van der Waals surface area contributed by atoms with E-state index in [1.165, 1.54) is 17.0 Å². The van der Waals surface area contributed by atoms with Crippen molar-refractivity contribution in [2.45, 2.75) is 51.4 Å². The number of anilines is 1. The average molecular weight is 775 g/mol. The molecule has 0 aromatic carbocycles. The van der Waals surface area contributed by atoms with Gasteiger partial charge in [-0.2, -0.15) is 8.42 Å². The number of sulfone groups is 1. The number of nitrogens with one attached hydrogen (secondary N) is 3. The van der Waals surface area contributed by atoms with E-state index in [0.717, 1.165) is 48.3 Å². The summed E-state index contributed by atoms with van der Waals surface area (Å²) in [5, 5.41) is 29.8. The number of aromatic nitrogens is 5. The van der Waals surface area contributed by atoms with Gasteiger partial charge < -0.3 is 31.1 Å². The number of thiazole rings is 1. The molecule has 1 saturated heterocycles. The molecular formula is C25H30N10O13S3. The van der Waals surface area contributed by atoms with Crippen LogP contribution in [0.2, 0.25) is 0 Å². The van der Waals surface area contributed by atoms with Gasteiger partial charge in [-0.1, -0.05) is 9.24 Å². The minimum Gasteiger partial charge on any atom is -0.503 e. The lowest BCUT2D eigenvalue weighted by Crippen LogP contribution is -2.73. The van der Waals surface area contributed by atoms with Gasteiger partial charge in [0.25, 0.3) is 11.8 Å². The van der Waals surface area contributed by atoms with Crippen LogP contribution in [0.5, 0.6) is 5.75 Å². The van der Waals surface area contributed by atoms with E-state index in [4.69, 9.17) is 10.6 Å². The molecule has 7 N–H and O–H groups in total. The average Bonchev–Trinajstić information content (AvgIpc) is 3.59. The van der Waals surface area contributed by atoms with E-state index in [-0.39, 0.29) is 27.0 Å². The van der Waals surface area contributed by atoms with Gasteiger partial charge in [0.1, 0.15) is 21.6 Å². The van der Waals surface area contributed by atoms with Crippen molar-refractivity contribution in [1.29, 1.82) is 0 Å². The first kappa shape index (κ1) is 38.2. The quantitative estimate of drug-likeness (QED) is 0.0588. The highest BCUT2D eigenvalue weighted by Crippen LogP contribution is 2.22. The third-order valence-electron chi connectivity index (χ3n) is 7.07. The number of oxime groups is 1. The first-order valence-electron chi connectivity index (χ1n) is 14.3. The number of urea groups is 1. The Balaban J connectivity index is 1.55. The predicted molar refractivity (Wildman–Crippen MR) is 175 cm³/mol. The number of hydrogen-bond donors (Lipinski definition) is 6. The second-order valence-corrected chi connectivity index (χ2v) is 16.1. The Labute approximate surface area is 290 Å². The molecule has 4 heterocycles. The number of H-pyrrole nitrogens is 1. The molecule has 0 saturated carbocycles. The Morgan fingerprint density at radius 1 is 1.20 bits per heavy atom. The number of carbonyl (C=O) groups excluding carboxylic acids is 3. The number of nitrogen functional groups attached to an aromatic ring is 1. The van der Waals surface area contributed by atoms with Crippen molar-refractivity contribution in [1.82, 2.24) is 38.7 Å². The molecule has 4 amide bonds. The number of pyridine rings is 1. The SMILES string of the molecule is C[C@H]1[C@H](NC(=O)/C(=N\OC(C)(C)C(=O)O)c2csc(N)n2)C(=O)N1C(=O)NS(=O)(=O)n1nc(-c2cc(=O)c(O)c[nH]2)n(CCCS(C)(=O)=O)c1=O. The lowest BCUT2D eigenvalue weighted by atomic mass is 9.97. The Morgan fingerprint density at radius 2 is 1.86 bits per heavy atom. The zero-order chi connectivity index (χ0) is 38.2. The number of carboxylic acids is 1. The monoisotopic (exact) mass is 774 g/mol. The van der Waals surface area contributed by atoms with E-state index in [1.54, 1.807) is 0 Å². The summed E-state index contributed by atoms with van der Waals surface area (Å²) in [6.07, 6.45) is 1.59. The normalized spacial score (nSPS) is 16.7. The predicted octanol–water partition coefficient (Wildman–Crippen LogP) is -2.62. The minimum absolute atomic E-state index is 0.0152. The van der Waals surface area contributed by atoms with Gasteiger partial charge >= 0.3 is 27.9 Å². The number of nitrogens with zero attached hydrogens (tertiary/aromatic N) is 6. The molecule has 4 rings (SSSR count). The van der Waals surface area contributed by atoms with Crippen molar-refractivity contribution in [3.8, 4) is 17.3 Å². The third kappa shape index (κ3) is 8.23. The number of rotatable bonds is 13. The van der Waals surface area contributed by atoms with Crippen LogP contribution >= 0.6 is 11.3 Å². The largest absolute Gasteiger partial charge is 0.503 e. The highest BCUT2D eigenvalue weighted by molar-refractivity contribution is 7.90. The fraction of sp³-hybridized carbons (Fsp3) is 0.400. The maximum Gasteiger partial charge on any atom is 0.362 e. The van der Waals surface area contributed by atoms with Crippen LogP contribution in [0.3, 0.4) is 0 Å². The summed E-state index contributed by atoms with van der Waals surface area (Å²) in [5.41, 5.74) is 0.479. The van der Waals surface area contributed by atoms with E-state index in [1.807, 2.05) is 0 Å². The molecule has 1 fully saturated rings. The van der Waals surface area contributed by atoms with Crippen LogP contribution in [0.15, 0.2) is 32.4 Å². The maximum atomic E-state index is 13.2. The van der Waals surface area contributed by atoms with Gasteiger partial charge in [-0.15, -0.1) is 16.4 Å². The molecule has 2 atom stereocenters. The van der Waals surface area contributed by atoms with E-state index in [9.17, 15) is 55.8 Å². The molecule has 3 aromatic heterocycles. The number of carboxylic acid groups (broad SMARTS) is 1. The molecule has 0 radical (unpaired) electrons. The number of aromatic hydroxyl groups is 1. The summed E-state index contributed by atoms with van der Waals surface area (Å²) in [6.45, 7) is 3.16. The zero-order valence-electron chi connectivity index (χ0n) is 26.9. The molecule has 51 heavy (non-hydrogen) atoms. The first-order chi connectivity index (χ1) is 23.5. The Hall–Kier alpha value is -5.63. The molecule has 276 valence electrons. The standard InChI is InChI=1S/C25H30N10O13S3/c1-11-16(29-19(38)17(13-10-49-22(26)28-13)31-48-25(2,3)21(40)41)20(39)34(11)23(42)32-51(46,47)35-24(43)33(6-5-7-50(4,44)45)18(30-35)12-8-14(36)15(37)9-27-12/h8-11,16,37H,5-7H2,1-4H3,(H2,26,28)(H,27,36)(H,29,38)(H,32,42)(H,40,41)/b31-17-/t11-,16-/m0/s1. The van der Waals surface area contributed by atoms with Crippen molar-refractivity contribution < 1.29 is 51.1 Å². The summed E-state index contributed by atoms with van der Waals surface area (Å²) in [7, 11) is -8.73. The molecule has 0 spiro atoms. The van der Waals surface area contributed by atoms with Crippen LogP contribution in [0.4, 0.5) is 9.93 Å². The van der Waals surface area contributed by atoms with Crippen LogP contribution in [-0.4, -0.2) is 115 Å². The van der Waals surface area contributed by atoms with E-state index < -0.39 is 102 Å². The second-order valence-electron chi connectivity index (χ2n) is 11.4. The van der Waals surface area contributed by atoms with Crippen LogP contribution in [0, 0.1) is 0 Å². The number of carbonyl (C=O) groups is 4. The molecule has 0 aliphatic carbocycles. The number of β-lactam (4-membered cyclic amide) rings is 1. The van der Waals surface area contributed by atoms with Gasteiger partial charge in [-0.25, -0.2) is 32.5 Å². The van der Waals surface area contributed by atoms with Gasteiger partial charge in [-0.05, 0) is 27.2 Å². The van der Waals surface area contributed by atoms with E-state index in [0.29, 0.717) is 4.90 Å². The first-order valence-corrected chi connectivity index (χ1v) is 18.6. The van der Waals surface area contributed by atoms with Crippen LogP contribution < -0.4 is 26.9 Å². The van der Waals surface area contributed by atoms with Crippen LogP contribution in [0.1, 0.15) is 32.9 Å². The van der Waals surface area contributed by atoms with E-state index >= 15 is 0 Å². The summed E-state index contributed by atoms with van der Waals surface area (Å²) in [4.78, 5) is 87.7. The number of aromatic amines is 1. The number of aliphatic carboxylic acids is 1. The Bertz CT molecular complexity index is 2290. The molecule has 1 aliphatic heterocycles. The number of nitrogens with two attached hydrogens (primary N) is 1. The third-order valence-corrected chi connectivity index (χ3v) is 9.90. The molecule has 3 aromatic rings. The van der Waals surface area contributed by atoms with Gasteiger partial charge in [0.05, 0.1) is 17.5 Å². The number of imide groups is 1. The highest BCUT2D eigenvalue weighted by atomic mass is 32.2. The highest BCUT2D eigenvalue weighted by Gasteiger charge is 2.50. The summed E-state index contributed by atoms with van der Waals surface area (Å²) >= 11 is 0.913. The molecular weight excluding hydrogens is 745 g/mol. The molecule has 0 unspecified atom stereocenters. The van der Waals surface area contributed by atoms with Crippen molar-refractivity contribution in [3.63, 3.8) is 0 Å². The van der Waals surface area contributed by atoms with Gasteiger partial charge in [-0.3, -0.25) is 23.9 Å². The van der Waals surface area contributed by atoms with Crippen molar-refractivity contribution in [2.75, 3.05) is 17.7 Å². The summed E-state index contributed by atoms with van der Waals surface area (Å²) in [6, 6.07) is -3.39. The van der Waals surface area contributed by atoms with E-state index in [2.05, 4.69) is 25.5 Å². The Morgan fingerprint density at radius 3 is 2.41 bits per heavy atom. The topological polar surface area (TPSA) is 338 Å². The lowest BCUT2D eigenvalue weighted by molar-refractivity contribution is -0.161. The van der Waals surface area contributed by atoms with Crippen LogP contribution in [-0.2, 0) is 45.8 Å². The molecule has 1 aliphatic rings. The minimum atomic E-state index is -5.23.